The Hall–Kier alpha value is -7.25. The summed E-state index contributed by atoms with van der Waals surface area (Å²) in [4.78, 5) is 119. The highest BCUT2D eigenvalue weighted by molar-refractivity contribution is 6.30. The Kier molecular flexibility index (Phi) is 17.8. The first-order valence-electron chi connectivity index (χ1n) is 23.3. The lowest BCUT2D eigenvalue weighted by Crippen LogP contribution is -2.62. The third-order valence-corrected chi connectivity index (χ3v) is 12.8. The van der Waals surface area contributed by atoms with Crippen LogP contribution in [0.25, 0.3) is 21.8 Å². The second-order valence-electron chi connectivity index (χ2n) is 18.0. The summed E-state index contributed by atoms with van der Waals surface area (Å²) in [5.74, 6) is -7.41. The molecule has 3 heterocycles. The summed E-state index contributed by atoms with van der Waals surface area (Å²) in [6.07, 6.45) is 3.62. The molecule has 2 aromatic heterocycles. The first kappa shape index (κ1) is 52.1. The van der Waals surface area contributed by atoms with Crippen LogP contribution in [-0.2, 0) is 57.6 Å². The first-order valence-corrected chi connectivity index (χ1v) is 23.7. The highest BCUT2D eigenvalue weighted by atomic mass is 35.5. The molecule has 19 nitrogen and oxygen atoms in total. The molecule has 372 valence electrons. The maximum Gasteiger partial charge on any atom is 0.245 e. The van der Waals surface area contributed by atoms with Crippen LogP contribution in [-0.4, -0.2) is 118 Å². The molecular formula is C50H61ClN10O9. The third kappa shape index (κ3) is 13.3. The number of hydrogen-bond acceptors (Lipinski definition) is 9. The highest BCUT2D eigenvalue weighted by Gasteiger charge is 2.36. The number of amides is 8. The fourth-order valence-corrected chi connectivity index (χ4v) is 8.32. The zero-order valence-electron chi connectivity index (χ0n) is 39.6. The van der Waals surface area contributed by atoms with Gasteiger partial charge < -0.3 is 57.6 Å². The van der Waals surface area contributed by atoms with E-state index in [2.05, 4.69) is 52.5 Å². The van der Waals surface area contributed by atoms with Gasteiger partial charge in [0.05, 0.1) is 13.2 Å². The molecule has 0 unspecified atom stereocenters. The van der Waals surface area contributed by atoms with E-state index in [-0.39, 0.29) is 19.3 Å². The fourth-order valence-electron chi connectivity index (χ4n) is 8.20. The quantitative estimate of drug-likeness (QED) is 0.0968. The first-order chi connectivity index (χ1) is 33.5. The van der Waals surface area contributed by atoms with E-state index < -0.39 is 115 Å². The summed E-state index contributed by atoms with van der Waals surface area (Å²) in [7, 11) is 0. The Bertz CT molecular complexity index is 2700. The molecule has 6 rings (SSSR count). The van der Waals surface area contributed by atoms with Crippen molar-refractivity contribution in [3.8, 4) is 0 Å². The minimum atomic E-state index is -1.56. The number of benzene rings is 3. The lowest BCUT2D eigenvalue weighted by molar-refractivity contribution is -0.136. The van der Waals surface area contributed by atoms with Crippen LogP contribution in [0.4, 0.5) is 0 Å². The van der Waals surface area contributed by atoms with E-state index >= 15 is 0 Å². The van der Waals surface area contributed by atoms with E-state index in [1.54, 1.807) is 57.4 Å². The van der Waals surface area contributed by atoms with Gasteiger partial charge in [0.15, 0.2) is 0 Å². The minimum Gasteiger partial charge on any atom is -0.394 e. The Balaban J connectivity index is 1.39. The molecule has 0 radical (unpaired) electrons. The molecule has 8 atom stereocenters. The van der Waals surface area contributed by atoms with E-state index in [9.17, 15) is 43.5 Å². The van der Waals surface area contributed by atoms with Crippen molar-refractivity contribution in [3.63, 3.8) is 0 Å². The van der Waals surface area contributed by atoms with Crippen LogP contribution in [0.1, 0.15) is 57.7 Å². The van der Waals surface area contributed by atoms with E-state index in [4.69, 9.17) is 11.6 Å². The lowest BCUT2D eigenvalue weighted by atomic mass is 9.96. The fraction of sp³-hybridized carbons (Fsp3) is 0.400. The number of rotatable bonds is 10. The van der Waals surface area contributed by atoms with E-state index in [0.29, 0.717) is 28.1 Å². The number of hydrogen-bond donors (Lipinski definition) is 11. The van der Waals surface area contributed by atoms with Crippen molar-refractivity contribution in [3.05, 3.63) is 107 Å². The SMILES string of the molecule is CC[C@H](C)[C@@H]1NC(=O)[C@H](Cc2c[nH]c3ccccc23)NC(=O)CNC(=O)[C@H](CO)NC(=O)[C@H](C(C)C)NC(=O)[C@H](C)NC(=O)[C@H](Cc2c[nH]c3ccccc23)NC(=O)[C@H](Cc2ccc(Cl)cc2)NC1=O. The average molecular weight is 982 g/mol. The third-order valence-electron chi connectivity index (χ3n) is 12.5. The molecule has 0 spiro atoms. The number of carbonyl (C=O) groups is 8. The van der Waals surface area contributed by atoms with Crippen LogP contribution in [0, 0.1) is 11.8 Å². The van der Waals surface area contributed by atoms with Crippen LogP contribution in [0.15, 0.2) is 85.2 Å². The smallest absolute Gasteiger partial charge is 0.245 e. The molecule has 3 aromatic carbocycles. The molecule has 20 heteroatoms. The van der Waals surface area contributed by atoms with Gasteiger partial charge in [-0.3, -0.25) is 38.4 Å². The standard InChI is InChI=1S/C50H61ClN10O9/c1-6-27(4)43-50(70)58-37(19-29-15-17-32(51)18-16-29)47(67)57-39(21-31-23-53-36-14-10-8-12-34(31)36)46(66)55-28(5)44(64)60-42(26(2)3)49(69)59-40(25-62)45(65)54-24-41(63)56-38(48(68)61-43)20-30-22-52-35-13-9-7-11-33(30)35/h7-18,22-23,26-28,37-40,42-43,52-53,62H,6,19-21,24-25H2,1-5H3,(H,54,65)(H,55,66)(H,56,63)(H,57,67)(H,58,70)(H,59,69)(H,60,64)(H,61,68)/t27-,28-,37-,38-,39-,40-,42-,43-/m0/s1. The molecule has 11 N–H and O–H groups in total. The second-order valence-corrected chi connectivity index (χ2v) is 18.4. The van der Waals surface area contributed by atoms with Crippen molar-refractivity contribution in [1.82, 2.24) is 52.5 Å². The summed E-state index contributed by atoms with van der Waals surface area (Å²) < 4.78 is 0. The van der Waals surface area contributed by atoms with E-state index in [1.165, 1.54) is 6.92 Å². The molecule has 0 saturated carbocycles. The number of aliphatic hydroxyl groups is 1. The molecule has 1 aliphatic rings. The van der Waals surface area contributed by atoms with Crippen molar-refractivity contribution < 1.29 is 43.5 Å². The maximum absolute atomic E-state index is 14.7. The largest absolute Gasteiger partial charge is 0.394 e. The van der Waals surface area contributed by atoms with E-state index in [0.717, 1.165) is 21.8 Å². The Morgan fingerprint density at radius 3 is 1.61 bits per heavy atom. The predicted octanol–water partition coefficient (Wildman–Crippen LogP) is 1.57. The van der Waals surface area contributed by atoms with Gasteiger partial charge in [-0.1, -0.05) is 94.2 Å². The van der Waals surface area contributed by atoms with Crippen molar-refractivity contribution in [2.45, 2.75) is 103 Å². The molecule has 1 aliphatic heterocycles. The van der Waals surface area contributed by atoms with Gasteiger partial charge >= 0.3 is 0 Å². The van der Waals surface area contributed by atoms with Crippen LogP contribution >= 0.6 is 11.6 Å². The number of para-hydroxylation sites is 2. The number of fused-ring (bicyclic) bond motifs is 2. The number of halogens is 1. The van der Waals surface area contributed by atoms with Gasteiger partial charge in [0.2, 0.25) is 47.3 Å². The minimum absolute atomic E-state index is 0.0535. The summed E-state index contributed by atoms with van der Waals surface area (Å²) in [5.41, 5.74) is 3.47. The Morgan fingerprint density at radius 2 is 1.04 bits per heavy atom. The molecule has 5 aromatic rings. The topological polar surface area (TPSA) is 285 Å². The van der Waals surface area contributed by atoms with Crippen LogP contribution in [0.5, 0.6) is 0 Å². The van der Waals surface area contributed by atoms with Crippen molar-refractivity contribution in [2.24, 2.45) is 11.8 Å². The summed E-state index contributed by atoms with van der Waals surface area (Å²) in [6.45, 7) is 6.69. The van der Waals surface area contributed by atoms with Gasteiger partial charge in [-0.05, 0) is 59.7 Å². The van der Waals surface area contributed by atoms with Gasteiger partial charge in [0.1, 0.15) is 42.3 Å². The zero-order valence-corrected chi connectivity index (χ0v) is 40.4. The van der Waals surface area contributed by atoms with Gasteiger partial charge in [-0.15, -0.1) is 0 Å². The number of aliphatic hydroxyl groups excluding tert-OH is 1. The lowest BCUT2D eigenvalue weighted by Gasteiger charge is -2.29. The van der Waals surface area contributed by atoms with Crippen LogP contribution < -0.4 is 42.5 Å². The molecular weight excluding hydrogens is 920 g/mol. The molecule has 1 saturated heterocycles. The molecule has 0 bridgehead atoms. The molecule has 70 heavy (non-hydrogen) atoms. The normalized spacial score (nSPS) is 23.5. The average Bonchev–Trinajstić information content (AvgIpc) is 3.95. The number of carbonyl (C=O) groups excluding carboxylic acids is 8. The van der Waals surface area contributed by atoms with Crippen molar-refractivity contribution >= 4 is 80.7 Å². The number of aromatic nitrogens is 2. The Morgan fingerprint density at radius 1 is 0.557 bits per heavy atom. The molecule has 0 aliphatic carbocycles. The predicted molar refractivity (Wildman–Crippen MR) is 263 cm³/mol. The number of nitrogens with one attached hydrogen (secondary N) is 10. The van der Waals surface area contributed by atoms with Gasteiger partial charge in [-0.25, -0.2) is 0 Å². The van der Waals surface area contributed by atoms with Gasteiger partial charge in [0.25, 0.3) is 0 Å². The monoisotopic (exact) mass is 980 g/mol. The van der Waals surface area contributed by atoms with Crippen molar-refractivity contribution in [1.29, 1.82) is 0 Å². The number of H-pyrrole nitrogens is 2. The highest BCUT2D eigenvalue weighted by Crippen LogP contribution is 2.22. The molecule has 8 amide bonds. The van der Waals surface area contributed by atoms with Gasteiger partial charge in [-0.2, -0.15) is 0 Å². The van der Waals surface area contributed by atoms with Crippen LogP contribution in [0.3, 0.4) is 0 Å². The van der Waals surface area contributed by atoms with E-state index in [1.807, 2.05) is 55.5 Å². The second kappa shape index (κ2) is 23.9. The number of aromatic amines is 2. The summed E-state index contributed by atoms with van der Waals surface area (Å²) in [6, 6.07) is 12.0. The molecule has 1 fully saturated rings. The van der Waals surface area contributed by atoms with Crippen molar-refractivity contribution in [2.75, 3.05) is 13.2 Å². The summed E-state index contributed by atoms with van der Waals surface area (Å²) >= 11 is 6.21. The maximum atomic E-state index is 14.7. The zero-order chi connectivity index (χ0) is 50.6. The van der Waals surface area contributed by atoms with Crippen LogP contribution in [0.2, 0.25) is 5.02 Å². The Labute approximate surface area is 409 Å². The van der Waals surface area contributed by atoms with Gasteiger partial charge in [0, 0.05) is 58.5 Å². The summed E-state index contributed by atoms with van der Waals surface area (Å²) in [5, 5.41) is 33.4.